The molecule has 0 radical (unpaired) electrons. The second kappa shape index (κ2) is 10.5. The number of quaternary nitrogens is 1. The van der Waals surface area contributed by atoms with Crippen molar-refractivity contribution in [2.75, 3.05) is 34.4 Å². The lowest BCUT2D eigenvalue weighted by Crippen LogP contribution is -3.11. The molecule has 0 saturated carbocycles. The monoisotopic (exact) mass is 391 g/mol. The summed E-state index contributed by atoms with van der Waals surface area (Å²) in [5.41, 5.74) is 1.74. The number of hydrogen-bond donors (Lipinski definition) is 2. The van der Waals surface area contributed by atoms with Gasteiger partial charge in [0.15, 0.2) is 29.6 Å². The van der Waals surface area contributed by atoms with Gasteiger partial charge in [-0.05, 0) is 42.8 Å². The molecule has 1 amide bonds. The molecule has 0 fully saturated rings. The third-order valence-electron chi connectivity index (χ3n) is 4.52. The fourth-order valence-corrected chi connectivity index (χ4v) is 2.90. The normalized spacial score (nSPS) is 11.6. The molecule has 2 rings (SSSR count). The van der Waals surface area contributed by atoms with Crippen LogP contribution in [0.25, 0.3) is 0 Å². The molecule has 0 bridgehead atoms. The first kappa shape index (κ1) is 21.5. The van der Waals surface area contributed by atoms with Crippen molar-refractivity contribution >= 4 is 5.91 Å². The van der Waals surface area contributed by atoms with E-state index >= 15 is 0 Å². The molecule has 2 N–H and O–H groups in total. The van der Waals surface area contributed by atoms with Gasteiger partial charge in [-0.1, -0.05) is 6.07 Å². The Kier molecular flexibility index (Phi) is 8.07. The summed E-state index contributed by atoms with van der Waals surface area (Å²) in [6.07, 6.45) is 0. The Morgan fingerprint density at radius 2 is 1.61 bits per heavy atom. The predicted octanol–water partition coefficient (Wildman–Crippen LogP) is 1.57. The van der Waals surface area contributed by atoms with Gasteiger partial charge >= 0.3 is 0 Å². The van der Waals surface area contributed by atoms with Crippen molar-refractivity contribution in [2.45, 2.75) is 20.0 Å². The van der Waals surface area contributed by atoms with E-state index in [0.29, 0.717) is 31.1 Å². The highest BCUT2D eigenvalue weighted by atomic mass is 19.1. The van der Waals surface area contributed by atoms with Crippen LogP contribution in [-0.2, 0) is 17.9 Å². The van der Waals surface area contributed by atoms with Crippen molar-refractivity contribution in [1.82, 2.24) is 5.32 Å². The van der Waals surface area contributed by atoms with E-state index in [9.17, 15) is 9.18 Å². The summed E-state index contributed by atoms with van der Waals surface area (Å²) in [4.78, 5) is 13.4. The van der Waals surface area contributed by atoms with Crippen LogP contribution in [0.2, 0.25) is 0 Å². The molecule has 1 unspecified atom stereocenters. The summed E-state index contributed by atoms with van der Waals surface area (Å²) in [6.45, 7) is 4.00. The molecular weight excluding hydrogens is 363 g/mol. The summed E-state index contributed by atoms with van der Waals surface area (Å²) < 4.78 is 29.3. The Morgan fingerprint density at radius 3 is 2.21 bits per heavy atom. The number of methoxy groups -OCH3 is 3. The maximum atomic E-state index is 13.9. The smallest absolute Gasteiger partial charge is 0.275 e. The van der Waals surface area contributed by atoms with Crippen molar-refractivity contribution in [3.8, 4) is 17.2 Å². The molecule has 7 heteroatoms. The van der Waals surface area contributed by atoms with Crippen LogP contribution in [0.3, 0.4) is 0 Å². The molecule has 1 atom stereocenters. The third kappa shape index (κ3) is 5.85. The average molecular weight is 391 g/mol. The molecule has 0 heterocycles. The van der Waals surface area contributed by atoms with Crippen LogP contribution in [0.15, 0.2) is 36.4 Å². The first-order chi connectivity index (χ1) is 13.5. The van der Waals surface area contributed by atoms with E-state index in [2.05, 4.69) is 5.32 Å². The molecule has 152 valence electrons. The van der Waals surface area contributed by atoms with Gasteiger partial charge in [-0.3, -0.25) is 4.79 Å². The topological polar surface area (TPSA) is 61.2 Å². The maximum Gasteiger partial charge on any atom is 0.275 e. The second-order valence-electron chi connectivity index (χ2n) is 6.39. The third-order valence-corrected chi connectivity index (χ3v) is 4.52. The summed E-state index contributed by atoms with van der Waals surface area (Å²) >= 11 is 0. The highest BCUT2D eigenvalue weighted by Gasteiger charge is 2.15. The fraction of sp³-hybridized carbons (Fsp3) is 0.381. The van der Waals surface area contributed by atoms with E-state index in [1.54, 1.807) is 20.3 Å². The van der Waals surface area contributed by atoms with Crippen LogP contribution in [0.4, 0.5) is 4.39 Å². The number of likely N-dealkylation sites (N-methyl/N-ethyl adjacent to an activating group) is 1. The molecule has 0 aliphatic carbocycles. The minimum absolute atomic E-state index is 0.0689. The SMILES string of the molecule is CC[NH+](CC(=O)NCc1ccc(OC)c(OC)c1)Cc1ccc(OC)c(F)c1. The van der Waals surface area contributed by atoms with Crippen molar-refractivity contribution in [1.29, 1.82) is 0 Å². The number of nitrogens with one attached hydrogen (secondary N) is 2. The predicted molar refractivity (Wildman–Crippen MR) is 104 cm³/mol. The number of benzene rings is 2. The van der Waals surface area contributed by atoms with E-state index in [-0.39, 0.29) is 11.7 Å². The van der Waals surface area contributed by atoms with Crippen molar-refractivity contribution < 1.29 is 28.3 Å². The highest BCUT2D eigenvalue weighted by molar-refractivity contribution is 5.76. The van der Waals surface area contributed by atoms with Crippen molar-refractivity contribution in [2.24, 2.45) is 0 Å². The summed E-state index contributed by atoms with van der Waals surface area (Å²) in [7, 11) is 4.59. The number of ether oxygens (including phenoxy) is 3. The lowest BCUT2D eigenvalue weighted by Gasteiger charge is -2.18. The Balaban J connectivity index is 1.91. The van der Waals surface area contributed by atoms with Crippen LogP contribution in [0, 0.1) is 5.82 Å². The van der Waals surface area contributed by atoms with Gasteiger partial charge in [0.1, 0.15) is 6.54 Å². The number of amides is 1. The molecular formula is C21H28FN2O4+. The standard InChI is InChI=1S/C21H27FN2O4/c1-5-24(13-16-7-8-18(26-2)17(22)10-16)14-21(25)23-12-15-6-9-19(27-3)20(11-15)28-4/h6-11H,5,12-14H2,1-4H3,(H,23,25)/p+1. The van der Waals surface area contributed by atoms with Crippen LogP contribution in [0.5, 0.6) is 17.2 Å². The number of halogens is 1. The number of carbonyl (C=O) groups excluding carboxylic acids is 1. The second-order valence-corrected chi connectivity index (χ2v) is 6.39. The summed E-state index contributed by atoms with van der Waals surface area (Å²) in [5.74, 6) is 1.02. The minimum atomic E-state index is -0.395. The van der Waals surface area contributed by atoms with E-state index in [1.807, 2.05) is 31.2 Å². The first-order valence-corrected chi connectivity index (χ1v) is 9.14. The lowest BCUT2D eigenvalue weighted by molar-refractivity contribution is -0.904. The van der Waals surface area contributed by atoms with Gasteiger partial charge in [0.05, 0.1) is 27.9 Å². The molecule has 2 aromatic carbocycles. The fourth-order valence-electron chi connectivity index (χ4n) is 2.90. The Morgan fingerprint density at radius 1 is 0.964 bits per heavy atom. The molecule has 0 aliphatic rings. The van der Waals surface area contributed by atoms with Gasteiger partial charge in [0.25, 0.3) is 5.91 Å². The van der Waals surface area contributed by atoms with Crippen molar-refractivity contribution in [3.05, 3.63) is 53.3 Å². The van der Waals surface area contributed by atoms with Crippen molar-refractivity contribution in [3.63, 3.8) is 0 Å². The largest absolute Gasteiger partial charge is 0.494 e. The molecule has 28 heavy (non-hydrogen) atoms. The Bertz CT molecular complexity index is 798. The van der Waals surface area contributed by atoms with Gasteiger partial charge in [-0.15, -0.1) is 0 Å². The Hall–Kier alpha value is -2.80. The average Bonchev–Trinajstić information content (AvgIpc) is 2.71. The number of hydrogen-bond acceptors (Lipinski definition) is 4. The number of rotatable bonds is 10. The van der Waals surface area contributed by atoms with Gasteiger partial charge in [0.2, 0.25) is 0 Å². The Labute approximate surface area is 165 Å². The first-order valence-electron chi connectivity index (χ1n) is 9.14. The maximum absolute atomic E-state index is 13.9. The van der Waals surface area contributed by atoms with Crippen LogP contribution < -0.4 is 24.4 Å². The zero-order valence-corrected chi connectivity index (χ0v) is 16.8. The van der Waals surface area contributed by atoms with Gasteiger partial charge < -0.3 is 24.4 Å². The lowest BCUT2D eigenvalue weighted by atomic mass is 10.2. The summed E-state index contributed by atoms with van der Waals surface area (Å²) in [5, 5.41) is 2.92. The molecule has 0 aromatic heterocycles. The van der Waals surface area contributed by atoms with E-state index in [1.165, 1.54) is 13.2 Å². The minimum Gasteiger partial charge on any atom is -0.494 e. The highest BCUT2D eigenvalue weighted by Crippen LogP contribution is 2.27. The molecule has 0 saturated heterocycles. The quantitative estimate of drug-likeness (QED) is 0.646. The van der Waals surface area contributed by atoms with Gasteiger partial charge in [0, 0.05) is 12.1 Å². The van der Waals surface area contributed by atoms with E-state index < -0.39 is 5.82 Å². The van der Waals surface area contributed by atoms with Crippen LogP contribution in [0.1, 0.15) is 18.1 Å². The number of carbonyl (C=O) groups is 1. The van der Waals surface area contributed by atoms with Crippen LogP contribution in [-0.4, -0.2) is 40.3 Å². The molecule has 0 aliphatic heterocycles. The van der Waals surface area contributed by atoms with E-state index in [4.69, 9.17) is 14.2 Å². The summed E-state index contributed by atoms with van der Waals surface area (Å²) in [6, 6.07) is 10.4. The molecule has 6 nitrogen and oxygen atoms in total. The van der Waals surface area contributed by atoms with E-state index in [0.717, 1.165) is 22.6 Å². The zero-order chi connectivity index (χ0) is 20.5. The van der Waals surface area contributed by atoms with Gasteiger partial charge in [-0.25, -0.2) is 4.39 Å². The molecule has 0 spiro atoms. The zero-order valence-electron chi connectivity index (χ0n) is 16.8. The van der Waals surface area contributed by atoms with Gasteiger partial charge in [-0.2, -0.15) is 0 Å². The van der Waals surface area contributed by atoms with Crippen LogP contribution >= 0.6 is 0 Å². The molecule has 2 aromatic rings.